The minimum Gasteiger partial charge on any atom is -0.443 e. The van der Waals surface area contributed by atoms with Gasteiger partial charge in [-0.15, -0.1) is 0 Å². The summed E-state index contributed by atoms with van der Waals surface area (Å²) >= 11 is 0. The molecule has 0 spiro atoms. The Bertz CT molecular complexity index is 320. The van der Waals surface area contributed by atoms with Crippen LogP contribution < -0.4 is 0 Å². The summed E-state index contributed by atoms with van der Waals surface area (Å²) in [7, 11) is 1.75. The zero-order chi connectivity index (χ0) is 14.0. The van der Waals surface area contributed by atoms with E-state index >= 15 is 0 Å². The maximum Gasteiger partial charge on any atom is 0.410 e. The number of nitrogens with zero attached hydrogens (tertiary/aromatic N) is 1. The maximum atomic E-state index is 11.9. The third-order valence-electron chi connectivity index (χ3n) is 3.67. The highest BCUT2D eigenvalue weighted by Crippen LogP contribution is 2.33. The van der Waals surface area contributed by atoms with Gasteiger partial charge >= 0.3 is 6.09 Å². The van der Waals surface area contributed by atoms with Crippen molar-refractivity contribution >= 4 is 6.09 Å². The van der Waals surface area contributed by atoms with E-state index < -0.39 is 0 Å². The van der Waals surface area contributed by atoms with Gasteiger partial charge in [0.1, 0.15) is 12.2 Å². The van der Waals surface area contributed by atoms with Gasteiger partial charge in [0.2, 0.25) is 0 Å². The molecule has 0 radical (unpaired) electrons. The van der Waals surface area contributed by atoms with Crippen molar-refractivity contribution < 1.29 is 19.0 Å². The second-order valence-electron chi connectivity index (χ2n) is 6.36. The molecule has 19 heavy (non-hydrogen) atoms. The first kappa shape index (κ1) is 14.6. The van der Waals surface area contributed by atoms with E-state index in [0.29, 0.717) is 0 Å². The van der Waals surface area contributed by atoms with E-state index in [0.717, 1.165) is 32.3 Å². The summed E-state index contributed by atoms with van der Waals surface area (Å²) < 4.78 is 16.7. The van der Waals surface area contributed by atoms with Crippen LogP contribution in [0.4, 0.5) is 4.79 Å². The summed E-state index contributed by atoms with van der Waals surface area (Å²) in [5, 5.41) is 0. The van der Waals surface area contributed by atoms with Gasteiger partial charge < -0.3 is 19.1 Å². The van der Waals surface area contributed by atoms with E-state index in [4.69, 9.17) is 14.2 Å². The molecule has 2 rings (SSSR count). The number of hydrogen-bond donors (Lipinski definition) is 0. The van der Waals surface area contributed by atoms with Crippen molar-refractivity contribution in [2.24, 2.45) is 0 Å². The van der Waals surface area contributed by atoms with Crippen LogP contribution in [0.5, 0.6) is 0 Å². The zero-order valence-corrected chi connectivity index (χ0v) is 12.3. The SMILES string of the molecule is CN(C(=O)OC1CC1OC1CCCCO1)C(C)(C)C. The predicted octanol–water partition coefficient (Wildman–Crippen LogP) is 2.54. The van der Waals surface area contributed by atoms with Crippen LogP contribution in [0, 0.1) is 0 Å². The molecule has 5 heteroatoms. The summed E-state index contributed by atoms with van der Waals surface area (Å²) in [5.41, 5.74) is -0.227. The highest BCUT2D eigenvalue weighted by Gasteiger charge is 2.45. The van der Waals surface area contributed by atoms with Gasteiger partial charge in [-0.3, -0.25) is 0 Å². The summed E-state index contributed by atoms with van der Waals surface area (Å²) in [6, 6.07) is 0. The smallest absolute Gasteiger partial charge is 0.410 e. The van der Waals surface area contributed by atoms with Gasteiger partial charge in [0.05, 0.1) is 0 Å². The van der Waals surface area contributed by atoms with Gasteiger partial charge in [-0.1, -0.05) is 0 Å². The molecule has 5 nitrogen and oxygen atoms in total. The van der Waals surface area contributed by atoms with Crippen LogP contribution in [-0.4, -0.2) is 48.7 Å². The molecule has 3 atom stereocenters. The maximum absolute atomic E-state index is 11.9. The van der Waals surface area contributed by atoms with Gasteiger partial charge in [0.25, 0.3) is 0 Å². The Morgan fingerprint density at radius 2 is 2.00 bits per heavy atom. The molecule has 0 aromatic carbocycles. The molecule has 1 amide bonds. The number of carbonyl (C=O) groups excluding carboxylic acids is 1. The molecule has 3 unspecified atom stereocenters. The lowest BCUT2D eigenvalue weighted by atomic mass is 10.1. The van der Waals surface area contributed by atoms with Gasteiger partial charge in [0, 0.05) is 25.6 Å². The second-order valence-corrected chi connectivity index (χ2v) is 6.36. The average molecular weight is 271 g/mol. The fourth-order valence-electron chi connectivity index (χ4n) is 1.91. The molecule has 0 aromatic heterocycles. The zero-order valence-electron chi connectivity index (χ0n) is 12.3. The molecule has 0 aromatic rings. The minimum absolute atomic E-state index is 0.0143. The largest absolute Gasteiger partial charge is 0.443 e. The number of amides is 1. The van der Waals surface area contributed by atoms with E-state index in [1.807, 2.05) is 20.8 Å². The van der Waals surface area contributed by atoms with Crippen molar-refractivity contribution in [1.82, 2.24) is 4.90 Å². The Kier molecular flexibility index (Phi) is 4.36. The molecule has 1 aliphatic heterocycles. The number of rotatable bonds is 3. The van der Waals surface area contributed by atoms with E-state index in [9.17, 15) is 4.79 Å². The molecule has 2 aliphatic rings. The first-order valence-corrected chi connectivity index (χ1v) is 7.09. The van der Waals surface area contributed by atoms with Gasteiger partial charge in [-0.2, -0.15) is 0 Å². The van der Waals surface area contributed by atoms with Crippen molar-refractivity contribution in [3.05, 3.63) is 0 Å². The Hall–Kier alpha value is -0.810. The topological polar surface area (TPSA) is 48.0 Å². The Morgan fingerprint density at radius 3 is 2.58 bits per heavy atom. The molecular formula is C14H25NO4. The van der Waals surface area contributed by atoms with Crippen molar-refractivity contribution in [1.29, 1.82) is 0 Å². The van der Waals surface area contributed by atoms with Gasteiger partial charge in [0.15, 0.2) is 6.29 Å². The summed E-state index contributed by atoms with van der Waals surface area (Å²) in [4.78, 5) is 13.5. The second kappa shape index (κ2) is 5.67. The van der Waals surface area contributed by atoms with Crippen LogP contribution in [0.15, 0.2) is 0 Å². The molecule has 2 fully saturated rings. The summed E-state index contributed by atoms with van der Waals surface area (Å²) in [5.74, 6) is 0. The molecule has 1 saturated carbocycles. The molecule has 1 saturated heterocycles. The summed E-state index contributed by atoms with van der Waals surface area (Å²) in [6.07, 6.45) is 3.50. The van der Waals surface area contributed by atoms with Gasteiger partial charge in [-0.25, -0.2) is 4.79 Å². The normalized spacial score (nSPS) is 30.8. The van der Waals surface area contributed by atoms with Crippen LogP contribution in [-0.2, 0) is 14.2 Å². The predicted molar refractivity (Wildman–Crippen MR) is 70.9 cm³/mol. The average Bonchev–Trinajstić information content (AvgIpc) is 3.06. The quantitative estimate of drug-likeness (QED) is 0.791. The first-order valence-electron chi connectivity index (χ1n) is 7.09. The lowest BCUT2D eigenvalue weighted by Crippen LogP contribution is -2.43. The Morgan fingerprint density at radius 1 is 1.26 bits per heavy atom. The highest BCUT2D eigenvalue weighted by molar-refractivity contribution is 5.68. The Labute approximate surface area is 115 Å². The lowest BCUT2D eigenvalue weighted by Gasteiger charge is -2.31. The third kappa shape index (κ3) is 4.08. The van der Waals surface area contributed by atoms with Crippen molar-refractivity contribution in [3.8, 4) is 0 Å². The fourth-order valence-corrected chi connectivity index (χ4v) is 1.91. The molecule has 0 bridgehead atoms. The molecule has 110 valence electrons. The monoisotopic (exact) mass is 271 g/mol. The first-order chi connectivity index (χ1) is 8.88. The molecule has 1 aliphatic carbocycles. The van der Waals surface area contributed by atoms with E-state index in [-0.39, 0.29) is 30.1 Å². The van der Waals surface area contributed by atoms with Crippen LogP contribution in [0.2, 0.25) is 0 Å². The van der Waals surface area contributed by atoms with Crippen LogP contribution in [0.3, 0.4) is 0 Å². The highest BCUT2D eigenvalue weighted by atomic mass is 16.7. The number of ether oxygens (including phenoxy) is 3. The number of hydrogen-bond acceptors (Lipinski definition) is 4. The lowest BCUT2D eigenvalue weighted by molar-refractivity contribution is -0.173. The van der Waals surface area contributed by atoms with Crippen molar-refractivity contribution in [2.45, 2.75) is 70.5 Å². The summed E-state index contributed by atoms with van der Waals surface area (Å²) in [6.45, 7) is 6.70. The van der Waals surface area contributed by atoms with Crippen LogP contribution in [0.1, 0.15) is 46.5 Å². The molecular weight excluding hydrogens is 246 g/mol. The fraction of sp³-hybridized carbons (Fsp3) is 0.929. The van der Waals surface area contributed by atoms with Gasteiger partial charge in [-0.05, 0) is 40.0 Å². The third-order valence-corrected chi connectivity index (χ3v) is 3.67. The minimum atomic E-state index is -0.284. The van der Waals surface area contributed by atoms with Crippen molar-refractivity contribution in [2.75, 3.05) is 13.7 Å². The molecule has 1 heterocycles. The molecule has 0 N–H and O–H groups in total. The van der Waals surface area contributed by atoms with E-state index in [1.54, 1.807) is 11.9 Å². The van der Waals surface area contributed by atoms with Crippen LogP contribution >= 0.6 is 0 Å². The Balaban J connectivity index is 1.70. The van der Waals surface area contributed by atoms with E-state index in [1.165, 1.54) is 0 Å². The van der Waals surface area contributed by atoms with E-state index in [2.05, 4.69) is 0 Å². The van der Waals surface area contributed by atoms with Crippen LogP contribution in [0.25, 0.3) is 0 Å². The van der Waals surface area contributed by atoms with Crippen molar-refractivity contribution in [3.63, 3.8) is 0 Å². The number of carbonyl (C=O) groups is 1. The standard InChI is InChI=1S/C14H25NO4/c1-14(2,3)15(4)13(16)19-11-9-10(11)18-12-7-5-6-8-17-12/h10-12H,5-9H2,1-4H3.